The van der Waals surface area contributed by atoms with Gasteiger partial charge in [0, 0.05) is 21.6 Å². The van der Waals surface area contributed by atoms with E-state index in [2.05, 4.69) is 0 Å². The number of ether oxygens (including phenoxy) is 1. The molecule has 0 fully saturated rings. The standard InChI is InChI=1S/C21H22N2O5S2/c1-15-5-7-18(30-15)12-22(11-17-4-3-9-28-17)21(24)14-29-13-16-6-8-20(27-2)19(10-16)23(25)26/h3-10H,11-14H2,1-2H3. The number of carbonyl (C=O) groups is 1. The van der Waals surface area contributed by atoms with Crippen LogP contribution in [0.4, 0.5) is 5.69 Å². The lowest BCUT2D eigenvalue weighted by Crippen LogP contribution is -2.31. The molecule has 2 heterocycles. The largest absolute Gasteiger partial charge is 0.490 e. The van der Waals surface area contributed by atoms with Crippen LogP contribution in [-0.2, 0) is 23.6 Å². The van der Waals surface area contributed by atoms with Crippen LogP contribution in [0.5, 0.6) is 5.75 Å². The Morgan fingerprint density at radius 1 is 1.27 bits per heavy atom. The van der Waals surface area contributed by atoms with E-state index in [9.17, 15) is 14.9 Å². The second kappa shape index (κ2) is 10.3. The highest BCUT2D eigenvalue weighted by atomic mass is 32.2. The van der Waals surface area contributed by atoms with Crippen LogP contribution >= 0.6 is 23.1 Å². The fourth-order valence-electron chi connectivity index (χ4n) is 2.90. The lowest BCUT2D eigenvalue weighted by molar-refractivity contribution is -0.385. The number of nitrogens with zero attached hydrogens (tertiary/aromatic N) is 2. The van der Waals surface area contributed by atoms with Crippen molar-refractivity contribution >= 4 is 34.7 Å². The zero-order chi connectivity index (χ0) is 21.5. The second-order valence-corrected chi connectivity index (χ2v) is 8.96. The SMILES string of the molecule is COc1ccc(CSCC(=O)N(Cc2ccco2)Cc2ccc(C)s2)cc1[N+](=O)[O-]. The zero-order valence-electron chi connectivity index (χ0n) is 16.7. The fraction of sp³-hybridized carbons (Fsp3) is 0.286. The van der Waals surface area contributed by atoms with Gasteiger partial charge in [0.25, 0.3) is 0 Å². The van der Waals surface area contributed by atoms with Gasteiger partial charge in [0.1, 0.15) is 5.76 Å². The molecule has 0 aliphatic heterocycles. The third kappa shape index (κ3) is 5.87. The van der Waals surface area contributed by atoms with Crippen LogP contribution in [0.2, 0.25) is 0 Å². The first kappa shape index (κ1) is 21.9. The number of hydrogen-bond acceptors (Lipinski definition) is 7. The Kier molecular flexibility index (Phi) is 7.53. The van der Waals surface area contributed by atoms with E-state index in [1.807, 2.05) is 25.1 Å². The number of thiophene rings is 1. The summed E-state index contributed by atoms with van der Waals surface area (Å²) in [7, 11) is 1.40. The summed E-state index contributed by atoms with van der Waals surface area (Å²) in [4.78, 5) is 27.7. The van der Waals surface area contributed by atoms with E-state index in [0.717, 1.165) is 16.2 Å². The monoisotopic (exact) mass is 446 g/mol. The first-order valence-electron chi connectivity index (χ1n) is 9.21. The molecule has 3 aromatic rings. The van der Waals surface area contributed by atoms with Crippen molar-refractivity contribution in [3.8, 4) is 5.75 Å². The first-order chi connectivity index (χ1) is 14.5. The predicted molar refractivity (Wildman–Crippen MR) is 118 cm³/mol. The van der Waals surface area contributed by atoms with Crippen molar-refractivity contribution in [2.24, 2.45) is 0 Å². The van der Waals surface area contributed by atoms with E-state index in [-0.39, 0.29) is 23.1 Å². The van der Waals surface area contributed by atoms with Gasteiger partial charge in [0.15, 0.2) is 5.75 Å². The highest BCUT2D eigenvalue weighted by Crippen LogP contribution is 2.29. The maximum absolute atomic E-state index is 12.9. The third-order valence-electron chi connectivity index (χ3n) is 4.36. The summed E-state index contributed by atoms with van der Waals surface area (Å²) in [5.41, 5.74) is 0.696. The van der Waals surface area contributed by atoms with Crippen molar-refractivity contribution in [2.45, 2.75) is 25.8 Å². The Labute approximate surface area is 182 Å². The normalized spacial score (nSPS) is 10.7. The van der Waals surface area contributed by atoms with Gasteiger partial charge in [-0.05, 0) is 42.8 Å². The topological polar surface area (TPSA) is 85.8 Å². The number of furan rings is 1. The molecule has 0 bridgehead atoms. The van der Waals surface area contributed by atoms with Gasteiger partial charge in [-0.2, -0.15) is 0 Å². The molecule has 0 spiro atoms. The van der Waals surface area contributed by atoms with Crippen molar-refractivity contribution in [1.82, 2.24) is 4.90 Å². The van der Waals surface area contributed by atoms with E-state index in [1.165, 1.54) is 29.8 Å². The van der Waals surface area contributed by atoms with Gasteiger partial charge >= 0.3 is 5.69 Å². The summed E-state index contributed by atoms with van der Waals surface area (Å²) in [6.07, 6.45) is 1.60. The first-order valence-corrected chi connectivity index (χ1v) is 11.2. The van der Waals surface area contributed by atoms with Crippen LogP contribution in [0.1, 0.15) is 21.1 Å². The van der Waals surface area contributed by atoms with Crippen LogP contribution in [0.25, 0.3) is 0 Å². The van der Waals surface area contributed by atoms with Gasteiger partial charge in [-0.1, -0.05) is 6.07 Å². The molecule has 0 radical (unpaired) electrons. The number of amides is 1. The molecule has 0 unspecified atom stereocenters. The molecule has 1 aromatic carbocycles. The number of benzene rings is 1. The van der Waals surface area contributed by atoms with E-state index in [4.69, 9.17) is 9.15 Å². The average Bonchev–Trinajstić information content (AvgIpc) is 3.39. The number of nitro groups is 1. The number of aryl methyl sites for hydroxylation is 1. The van der Waals surface area contributed by atoms with Gasteiger partial charge in [0.2, 0.25) is 5.91 Å². The van der Waals surface area contributed by atoms with Crippen LogP contribution in [0, 0.1) is 17.0 Å². The Balaban J connectivity index is 1.62. The van der Waals surface area contributed by atoms with E-state index in [1.54, 1.807) is 40.7 Å². The van der Waals surface area contributed by atoms with E-state index < -0.39 is 4.92 Å². The molecular formula is C21H22N2O5S2. The molecule has 0 N–H and O–H groups in total. The number of thioether (sulfide) groups is 1. The van der Waals surface area contributed by atoms with Gasteiger partial charge in [-0.3, -0.25) is 14.9 Å². The van der Waals surface area contributed by atoms with Crippen LogP contribution in [0.3, 0.4) is 0 Å². The van der Waals surface area contributed by atoms with Gasteiger partial charge in [-0.15, -0.1) is 23.1 Å². The number of hydrogen-bond donors (Lipinski definition) is 0. The van der Waals surface area contributed by atoms with Crippen LogP contribution in [-0.4, -0.2) is 28.6 Å². The van der Waals surface area contributed by atoms with Crippen molar-refractivity contribution in [3.05, 3.63) is 79.9 Å². The Morgan fingerprint density at radius 3 is 2.73 bits per heavy atom. The molecule has 0 saturated carbocycles. The molecule has 0 aliphatic carbocycles. The summed E-state index contributed by atoms with van der Waals surface area (Å²) in [5.74, 6) is 1.70. The fourth-order valence-corrected chi connectivity index (χ4v) is 4.68. The van der Waals surface area contributed by atoms with Gasteiger partial charge < -0.3 is 14.1 Å². The molecule has 0 atom stereocenters. The molecule has 1 amide bonds. The number of rotatable bonds is 10. The molecule has 9 heteroatoms. The van der Waals surface area contributed by atoms with Crippen LogP contribution < -0.4 is 4.74 Å². The van der Waals surface area contributed by atoms with Crippen molar-refractivity contribution < 1.29 is 18.9 Å². The summed E-state index contributed by atoms with van der Waals surface area (Å²) in [6, 6.07) is 12.6. The third-order valence-corrected chi connectivity index (χ3v) is 6.33. The summed E-state index contributed by atoms with van der Waals surface area (Å²) >= 11 is 3.09. The minimum atomic E-state index is -0.466. The van der Waals surface area contributed by atoms with Crippen molar-refractivity contribution in [1.29, 1.82) is 0 Å². The second-order valence-electron chi connectivity index (χ2n) is 6.60. The van der Waals surface area contributed by atoms with Gasteiger partial charge in [0.05, 0.1) is 37.1 Å². The molecule has 158 valence electrons. The minimum absolute atomic E-state index is 0.00883. The zero-order valence-corrected chi connectivity index (χ0v) is 18.3. The van der Waals surface area contributed by atoms with Crippen molar-refractivity contribution in [2.75, 3.05) is 12.9 Å². The quantitative estimate of drug-likeness (QED) is 0.321. The number of nitro benzene ring substituents is 1. The molecule has 3 rings (SSSR count). The molecule has 30 heavy (non-hydrogen) atoms. The van der Waals surface area contributed by atoms with Crippen LogP contribution in [0.15, 0.2) is 53.1 Å². The molecule has 7 nitrogen and oxygen atoms in total. The Morgan fingerprint density at radius 2 is 2.10 bits per heavy atom. The lowest BCUT2D eigenvalue weighted by atomic mass is 10.2. The average molecular weight is 447 g/mol. The molecule has 0 aliphatic rings. The molecule has 2 aromatic heterocycles. The number of carbonyl (C=O) groups excluding carboxylic acids is 1. The highest BCUT2D eigenvalue weighted by molar-refractivity contribution is 7.99. The predicted octanol–water partition coefficient (Wildman–Crippen LogP) is 5.03. The minimum Gasteiger partial charge on any atom is -0.490 e. The van der Waals surface area contributed by atoms with Gasteiger partial charge in [-0.25, -0.2) is 0 Å². The highest BCUT2D eigenvalue weighted by Gasteiger charge is 2.18. The smallest absolute Gasteiger partial charge is 0.311 e. The Hall–Kier alpha value is -2.78. The Bertz CT molecular complexity index is 1000. The maximum Gasteiger partial charge on any atom is 0.311 e. The summed E-state index contributed by atoms with van der Waals surface area (Å²) in [5, 5.41) is 11.2. The maximum atomic E-state index is 12.9. The number of methoxy groups -OCH3 is 1. The van der Waals surface area contributed by atoms with Crippen molar-refractivity contribution in [3.63, 3.8) is 0 Å². The van der Waals surface area contributed by atoms with E-state index >= 15 is 0 Å². The lowest BCUT2D eigenvalue weighted by Gasteiger charge is -2.21. The molecular weight excluding hydrogens is 424 g/mol. The summed E-state index contributed by atoms with van der Waals surface area (Å²) < 4.78 is 10.4. The summed E-state index contributed by atoms with van der Waals surface area (Å²) in [6.45, 7) is 2.96. The van der Waals surface area contributed by atoms with E-state index in [0.29, 0.717) is 18.8 Å². The molecule has 0 saturated heterocycles.